The van der Waals surface area contributed by atoms with Crippen LogP contribution in [-0.4, -0.2) is 6.04 Å². The molecular formula is C15H22FN. The molecule has 0 aliphatic rings. The van der Waals surface area contributed by atoms with Crippen molar-refractivity contribution in [2.45, 2.75) is 44.6 Å². The summed E-state index contributed by atoms with van der Waals surface area (Å²) in [6.45, 7) is 3.70. The smallest absolute Gasteiger partial charge is 0.123 e. The van der Waals surface area contributed by atoms with E-state index in [1.165, 1.54) is 25.0 Å². The molecule has 0 fully saturated rings. The van der Waals surface area contributed by atoms with Gasteiger partial charge in [0.1, 0.15) is 5.82 Å². The van der Waals surface area contributed by atoms with Gasteiger partial charge in [-0.1, -0.05) is 31.1 Å². The van der Waals surface area contributed by atoms with E-state index in [1.807, 2.05) is 18.2 Å². The number of nitrogens with two attached hydrogens (primary N) is 1. The fraction of sp³-hybridized carbons (Fsp3) is 0.467. The van der Waals surface area contributed by atoms with Crippen molar-refractivity contribution in [3.05, 3.63) is 48.3 Å². The molecule has 94 valence electrons. The summed E-state index contributed by atoms with van der Waals surface area (Å²) in [6, 6.07) is 6.79. The van der Waals surface area contributed by atoms with Crippen LogP contribution >= 0.6 is 0 Å². The summed E-state index contributed by atoms with van der Waals surface area (Å²) in [5.74, 6) is -0.188. The quantitative estimate of drug-likeness (QED) is 0.538. The average Bonchev–Trinajstić information content (AvgIpc) is 2.32. The van der Waals surface area contributed by atoms with E-state index in [2.05, 4.69) is 6.58 Å². The number of rotatable bonds is 8. The Bertz CT molecular complexity index is 318. The van der Waals surface area contributed by atoms with Gasteiger partial charge in [0.05, 0.1) is 0 Å². The minimum Gasteiger partial charge on any atom is -0.327 e. The molecule has 1 aromatic carbocycles. The second-order valence-electron chi connectivity index (χ2n) is 4.52. The van der Waals surface area contributed by atoms with E-state index in [0.29, 0.717) is 0 Å². The van der Waals surface area contributed by atoms with Crippen LogP contribution in [0.3, 0.4) is 0 Å². The molecule has 0 aromatic heterocycles. The Morgan fingerprint density at radius 3 is 2.53 bits per heavy atom. The fourth-order valence-corrected chi connectivity index (χ4v) is 1.90. The Morgan fingerprint density at radius 1 is 1.18 bits per heavy atom. The van der Waals surface area contributed by atoms with Gasteiger partial charge in [-0.2, -0.15) is 0 Å². The third-order valence-electron chi connectivity index (χ3n) is 2.89. The van der Waals surface area contributed by atoms with Crippen LogP contribution in [0.1, 0.15) is 37.7 Å². The van der Waals surface area contributed by atoms with Crippen molar-refractivity contribution in [2.24, 2.45) is 5.73 Å². The zero-order chi connectivity index (χ0) is 12.5. The van der Waals surface area contributed by atoms with E-state index in [1.54, 1.807) is 0 Å². The first kappa shape index (κ1) is 13.9. The maximum atomic E-state index is 12.7. The molecule has 0 saturated carbocycles. The van der Waals surface area contributed by atoms with Gasteiger partial charge in [-0.05, 0) is 43.4 Å². The summed E-state index contributed by atoms with van der Waals surface area (Å²) in [7, 11) is 0. The number of unbranched alkanes of at least 4 members (excludes halogenated alkanes) is 3. The summed E-state index contributed by atoms with van der Waals surface area (Å²) in [5, 5.41) is 0. The van der Waals surface area contributed by atoms with Gasteiger partial charge in [-0.15, -0.1) is 6.58 Å². The second-order valence-corrected chi connectivity index (χ2v) is 4.52. The van der Waals surface area contributed by atoms with Gasteiger partial charge in [-0.3, -0.25) is 0 Å². The molecule has 17 heavy (non-hydrogen) atoms. The van der Waals surface area contributed by atoms with Gasteiger partial charge in [0, 0.05) is 6.04 Å². The standard InChI is InChI=1S/C15H22FN/c1-2-3-4-5-6-7-15(17)12-13-8-10-14(16)11-9-13/h2,8-11,15H,1,3-7,12,17H2. The van der Waals surface area contributed by atoms with Gasteiger partial charge in [-0.25, -0.2) is 4.39 Å². The van der Waals surface area contributed by atoms with E-state index >= 15 is 0 Å². The third kappa shape index (κ3) is 6.22. The summed E-state index contributed by atoms with van der Waals surface area (Å²) < 4.78 is 12.7. The summed E-state index contributed by atoms with van der Waals surface area (Å²) in [6.07, 6.45) is 8.49. The monoisotopic (exact) mass is 235 g/mol. The maximum Gasteiger partial charge on any atom is 0.123 e. The molecule has 1 nitrogen and oxygen atoms in total. The summed E-state index contributed by atoms with van der Waals surface area (Å²) in [4.78, 5) is 0. The molecule has 0 aliphatic heterocycles. The molecule has 0 spiro atoms. The molecular weight excluding hydrogens is 213 g/mol. The fourth-order valence-electron chi connectivity index (χ4n) is 1.90. The van der Waals surface area contributed by atoms with Gasteiger partial charge in [0.2, 0.25) is 0 Å². The lowest BCUT2D eigenvalue weighted by Gasteiger charge is -2.11. The van der Waals surface area contributed by atoms with Crippen molar-refractivity contribution in [1.29, 1.82) is 0 Å². The normalized spacial score (nSPS) is 12.4. The molecule has 0 radical (unpaired) electrons. The van der Waals surface area contributed by atoms with Crippen molar-refractivity contribution in [3.8, 4) is 0 Å². The van der Waals surface area contributed by atoms with Crippen LogP contribution in [-0.2, 0) is 6.42 Å². The van der Waals surface area contributed by atoms with Crippen molar-refractivity contribution < 1.29 is 4.39 Å². The maximum absolute atomic E-state index is 12.7. The Morgan fingerprint density at radius 2 is 1.88 bits per heavy atom. The molecule has 1 rings (SSSR count). The predicted molar refractivity (Wildman–Crippen MR) is 71.4 cm³/mol. The number of halogens is 1. The van der Waals surface area contributed by atoms with E-state index in [-0.39, 0.29) is 11.9 Å². The molecule has 1 atom stereocenters. The lowest BCUT2D eigenvalue weighted by molar-refractivity contribution is 0.550. The Balaban J connectivity index is 2.18. The first-order valence-corrected chi connectivity index (χ1v) is 6.33. The predicted octanol–water partition coefficient (Wildman–Crippen LogP) is 3.83. The van der Waals surface area contributed by atoms with Gasteiger partial charge in [0.25, 0.3) is 0 Å². The second kappa shape index (κ2) is 8.02. The molecule has 2 N–H and O–H groups in total. The minimum absolute atomic E-state index is 0.184. The number of benzene rings is 1. The SMILES string of the molecule is C=CCCCCCC(N)Cc1ccc(F)cc1. The average molecular weight is 235 g/mol. The molecule has 2 heteroatoms. The lowest BCUT2D eigenvalue weighted by Crippen LogP contribution is -2.22. The Labute approximate surface area is 104 Å². The summed E-state index contributed by atoms with van der Waals surface area (Å²) >= 11 is 0. The lowest BCUT2D eigenvalue weighted by atomic mass is 10.0. The molecule has 0 aliphatic carbocycles. The van der Waals surface area contributed by atoms with Crippen LogP contribution in [0.5, 0.6) is 0 Å². The highest BCUT2D eigenvalue weighted by Gasteiger charge is 2.04. The van der Waals surface area contributed by atoms with E-state index in [0.717, 1.165) is 31.2 Å². The van der Waals surface area contributed by atoms with Crippen LogP contribution < -0.4 is 5.73 Å². The molecule has 0 amide bonds. The van der Waals surface area contributed by atoms with Crippen LogP contribution in [0.15, 0.2) is 36.9 Å². The van der Waals surface area contributed by atoms with Crippen LogP contribution in [0.4, 0.5) is 4.39 Å². The van der Waals surface area contributed by atoms with E-state index in [4.69, 9.17) is 5.73 Å². The number of hydrogen-bond donors (Lipinski definition) is 1. The number of hydrogen-bond acceptors (Lipinski definition) is 1. The molecule has 0 saturated heterocycles. The van der Waals surface area contributed by atoms with Crippen molar-refractivity contribution in [3.63, 3.8) is 0 Å². The van der Waals surface area contributed by atoms with Crippen molar-refractivity contribution in [1.82, 2.24) is 0 Å². The van der Waals surface area contributed by atoms with E-state index < -0.39 is 0 Å². The molecule has 0 heterocycles. The first-order valence-electron chi connectivity index (χ1n) is 6.33. The van der Waals surface area contributed by atoms with Crippen molar-refractivity contribution in [2.75, 3.05) is 0 Å². The zero-order valence-electron chi connectivity index (χ0n) is 10.4. The van der Waals surface area contributed by atoms with Gasteiger partial charge >= 0.3 is 0 Å². The van der Waals surface area contributed by atoms with E-state index in [9.17, 15) is 4.39 Å². The van der Waals surface area contributed by atoms with Crippen LogP contribution in [0.25, 0.3) is 0 Å². The highest BCUT2D eigenvalue weighted by molar-refractivity contribution is 5.16. The Kier molecular flexibility index (Phi) is 6.56. The molecule has 0 bridgehead atoms. The highest BCUT2D eigenvalue weighted by Crippen LogP contribution is 2.10. The van der Waals surface area contributed by atoms with Crippen LogP contribution in [0, 0.1) is 5.82 Å². The largest absolute Gasteiger partial charge is 0.327 e. The highest BCUT2D eigenvalue weighted by atomic mass is 19.1. The number of allylic oxidation sites excluding steroid dienone is 1. The topological polar surface area (TPSA) is 26.0 Å². The zero-order valence-corrected chi connectivity index (χ0v) is 10.4. The van der Waals surface area contributed by atoms with Crippen molar-refractivity contribution >= 4 is 0 Å². The Hall–Kier alpha value is -1.15. The molecule has 1 aromatic rings. The third-order valence-corrected chi connectivity index (χ3v) is 2.89. The van der Waals surface area contributed by atoms with Crippen LogP contribution in [0.2, 0.25) is 0 Å². The first-order chi connectivity index (χ1) is 8.22. The van der Waals surface area contributed by atoms with Gasteiger partial charge in [0.15, 0.2) is 0 Å². The van der Waals surface area contributed by atoms with Gasteiger partial charge < -0.3 is 5.73 Å². The minimum atomic E-state index is -0.188. The summed E-state index contributed by atoms with van der Waals surface area (Å²) in [5.41, 5.74) is 7.16. The molecule has 1 unspecified atom stereocenters.